The van der Waals surface area contributed by atoms with E-state index in [0.29, 0.717) is 31.3 Å². The summed E-state index contributed by atoms with van der Waals surface area (Å²) in [4.78, 5) is 23.4. The first kappa shape index (κ1) is 18.5. The fourth-order valence-electron chi connectivity index (χ4n) is 3.37. The minimum Gasteiger partial charge on any atom is -0.487 e. The molecule has 1 aromatic heterocycles. The number of nitrogens with one attached hydrogen (secondary N) is 2. The molecule has 0 radical (unpaired) electrons. The molecule has 0 spiro atoms. The van der Waals surface area contributed by atoms with Crippen LogP contribution in [0, 0.1) is 0 Å². The monoisotopic (exact) mass is 383 g/mol. The maximum absolute atomic E-state index is 11.5. The average Bonchev–Trinajstić information content (AvgIpc) is 3.03. The Balaban J connectivity index is 1.72. The molecule has 3 heterocycles. The predicted molar refractivity (Wildman–Crippen MR) is 107 cm³/mol. The number of rotatable bonds is 3. The first-order chi connectivity index (χ1) is 13.5. The van der Waals surface area contributed by atoms with Crippen molar-refractivity contribution in [3.63, 3.8) is 0 Å². The van der Waals surface area contributed by atoms with Crippen molar-refractivity contribution in [1.29, 1.82) is 0 Å². The zero-order valence-electron chi connectivity index (χ0n) is 16.4. The molecular weight excluding hydrogens is 358 g/mol. The number of anilines is 2. The molecule has 0 aliphatic carbocycles. The van der Waals surface area contributed by atoms with Crippen LogP contribution in [0.5, 0.6) is 5.75 Å². The number of amides is 2. The van der Waals surface area contributed by atoms with Gasteiger partial charge in [0, 0.05) is 36.8 Å². The van der Waals surface area contributed by atoms with Crippen molar-refractivity contribution < 1.29 is 14.3 Å². The Kier molecular flexibility index (Phi) is 4.80. The summed E-state index contributed by atoms with van der Waals surface area (Å²) in [5.41, 5.74) is 2.37. The summed E-state index contributed by atoms with van der Waals surface area (Å²) in [5, 5.41) is 5.29. The number of carbonyl (C=O) groups is 1. The number of fused-ring (bicyclic) bond motifs is 1. The van der Waals surface area contributed by atoms with E-state index >= 15 is 0 Å². The molecule has 2 N–H and O–H groups in total. The van der Waals surface area contributed by atoms with Crippen LogP contribution in [0.2, 0.25) is 0 Å². The lowest BCUT2D eigenvalue weighted by atomic mass is 9.91. The highest BCUT2D eigenvalue weighted by molar-refractivity contribution is 5.89. The molecule has 0 bridgehead atoms. The number of benzene rings is 1. The third kappa shape index (κ3) is 3.47. The second kappa shape index (κ2) is 7.27. The van der Waals surface area contributed by atoms with Gasteiger partial charge in [-0.25, -0.2) is 14.8 Å². The Bertz CT molecular complexity index is 876. The van der Waals surface area contributed by atoms with Crippen LogP contribution in [-0.2, 0) is 10.2 Å². The molecule has 28 heavy (non-hydrogen) atoms. The first-order valence-electron chi connectivity index (χ1n) is 9.45. The van der Waals surface area contributed by atoms with E-state index in [9.17, 15) is 4.79 Å². The van der Waals surface area contributed by atoms with Gasteiger partial charge < -0.3 is 25.0 Å². The quantitative estimate of drug-likeness (QED) is 0.846. The minimum absolute atomic E-state index is 0.172. The van der Waals surface area contributed by atoms with Crippen LogP contribution >= 0.6 is 0 Å². The largest absolute Gasteiger partial charge is 0.487 e. The van der Waals surface area contributed by atoms with Crippen LogP contribution in [0.3, 0.4) is 0 Å². The molecule has 4 rings (SSSR count). The van der Waals surface area contributed by atoms with E-state index in [1.807, 2.05) is 24.3 Å². The number of hydrogen-bond donors (Lipinski definition) is 2. The second-order valence-corrected chi connectivity index (χ2v) is 7.60. The Morgan fingerprint density at radius 1 is 1.14 bits per heavy atom. The smallest absolute Gasteiger partial charge is 0.318 e. The fourth-order valence-corrected chi connectivity index (χ4v) is 3.37. The standard InChI is InChI=1S/C20H25N5O3/c1-20(2)12-28-15-16(20)23-17(24-18(15)25-8-10-27-11-9-25)13-4-6-14(7-5-13)22-19(26)21-3/h4-7H,8-12H2,1-3H3,(H2,21,22,26). The molecular formula is C20H25N5O3. The summed E-state index contributed by atoms with van der Waals surface area (Å²) < 4.78 is 11.5. The van der Waals surface area contributed by atoms with Crippen LogP contribution in [-0.4, -0.2) is 56.0 Å². The van der Waals surface area contributed by atoms with E-state index in [4.69, 9.17) is 19.4 Å². The fraction of sp³-hybridized carbons (Fsp3) is 0.450. The van der Waals surface area contributed by atoms with Crippen LogP contribution in [0.4, 0.5) is 16.3 Å². The van der Waals surface area contributed by atoms with Crippen LogP contribution < -0.4 is 20.3 Å². The van der Waals surface area contributed by atoms with Crippen LogP contribution in [0.15, 0.2) is 24.3 Å². The van der Waals surface area contributed by atoms with Crippen molar-refractivity contribution in [3.05, 3.63) is 30.0 Å². The van der Waals surface area contributed by atoms with Gasteiger partial charge in [0.05, 0.1) is 25.5 Å². The summed E-state index contributed by atoms with van der Waals surface area (Å²) in [6, 6.07) is 7.27. The molecule has 2 aliphatic heterocycles. The Morgan fingerprint density at radius 3 is 2.54 bits per heavy atom. The van der Waals surface area contributed by atoms with Crippen molar-refractivity contribution in [3.8, 4) is 17.1 Å². The van der Waals surface area contributed by atoms with Crippen molar-refractivity contribution in [2.45, 2.75) is 19.3 Å². The molecule has 8 heteroatoms. The lowest BCUT2D eigenvalue weighted by molar-refractivity contribution is 0.122. The Morgan fingerprint density at radius 2 is 1.86 bits per heavy atom. The molecule has 0 atom stereocenters. The maximum Gasteiger partial charge on any atom is 0.318 e. The van der Waals surface area contributed by atoms with Gasteiger partial charge in [-0.05, 0) is 24.3 Å². The van der Waals surface area contributed by atoms with Gasteiger partial charge in [0.2, 0.25) is 0 Å². The highest BCUT2D eigenvalue weighted by Gasteiger charge is 2.38. The van der Waals surface area contributed by atoms with Gasteiger partial charge in [-0.15, -0.1) is 0 Å². The van der Waals surface area contributed by atoms with Gasteiger partial charge >= 0.3 is 6.03 Å². The molecule has 1 saturated heterocycles. The molecule has 148 valence electrons. The minimum atomic E-state index is -0.255. The van der Waals surface area contributed by atoms with Gasteiger partial charge in [0.15, 0.2) is 17.4 Å². The van der Waals surface area contributed by atoms with Gasteiger partial charge in [0.1, 0.15) is 0 Å². The third-order valence-corrected chi connectivity index (χ3v) is 5.00. The zero-order chi connectivity index (χ0) is 19.7. The molecule has 0 saturated carbocycles. The van der Waals surface area contributed by atoms with E-state index < -0.39 is 0 Å². The predicted octanol–water partition coefficient (Wildman–Crippen LogP) is 2.40. The van der Waals surface area contributed by atoms with E-state index in [2.05, 4.69) is 29.4 Å². The maximum atomic E-state index is 11.5. The summed E-state index contributed by atoms with van der Waals surface area (Å²) in [6.07, 6.45) is 0. The Hall–Kier alpha value is -2.87. The van der Waals surface area contributed by atoms with Gasteiger partial charge in [-0.3, -0.25) is 0 Å². The number of hydrogen-bond acceptors (Lipinski definition) is 6. The normalized spacial score (nSPS) is 17.6. The molecule has 2 amide bonds. The zero-order valence-corrected chi connectivity index (χ0v) is 16.4. The lowest BCUT2D eigenvalue weighted by Crippen LogP contribution is -2.37. The van der Waals surface area contributed by atoms with Crippen molar-refractivity contribution >= 4 is 17.5 Å². The summed E-state index contributed by atoms with van der Waals surface area (Å²) in [6.45, 7) is 7.77. The van der Waals surface area contributed by atoms with E-state index in [1.54, 1.807) is 7.05 Å². The van der Waals surface area contributed by atoms with Gasteiger partial charge in [-0.1, -0.05) is 13.8 Å². The first-order valence-corrected chi connectivity index (χ1v) is 9.45. The highest BCUT2D eigenvalue weighted by atomic mass is 16.5. The molecule has 2 aromatic rings. The van der Waals surface area contributed by atoms with Gasteiger partial charge in [0.25, 0.3) is 0 Å². The molecule has 1 aromatic carbocycles. The number of morpholine rings is 1. The van der Waals surface area contributed by atoms with Crippen molar-refractivity contribution in [2.24, 2.45) is 0 Å². The summed E-state index contributed by atoms with van der Waals surface area (Å²) in [5.74, 6) is 2.28. The number of urea groups is 1. The highest BCUT2D eigenvalue weighted by Crippen LogP contribution is 2.43. The van der Waals surface area contributed by atoms with Gasteiger partial charge in [-0.2, -0.15) is 0 Å². The Labute approximate surface area is 164 Å². The lowest BCUT2D eigenvalue weighted by Gasteiger charge is -2.29. The third-order valence-electron chi connectivity index (χ3n) is 5.00. The number of ether oxygens (including phenoxy) is 2. The van der Waals surface area contributed by atoms with E-state index in [1.165, 1.54) is 0 Å². The SMILES string of the molecule is CNC(=O)Nc1ccc(-c2nc(N3CCOCC3)c3c(n2)C(C)(C)CO3)cc1. The summed E-state index contributed by atoms with van der Waals surface area (Å²) in [7, 11) is 1.58. The number of aromatic nitrogens is 2. The van der Waals surface area contributed by atoms with Crippen molar-refractivity contribution in [2.75, 3.05) is 50.2 Å². The number of carbonyl (C=O) groups excluding carboxylic acids is 1. The second-order valence-electron chi connectivity index (χ2n) is 7.60. The topological polar surface area (TPSA) is 88.6 Å². The van der Waals surface area contributed by atoms with Crippen LogP contribution in [0.1, 0.15) is 19.5 Å². The summed E-state index contributed by atoms with van der Waals surface area (Å²) >= 11 is 0. The molecule has 1 fully saturated rings. The van der Waals surface area contributed by atoms with E-state index in [-0.39, 0.29) is 11.4 Å². The molecule has 0 unspecified atom stereocenters. The van der Waals surface area contributed by atoms with E-state index in [0.717, 1.165) is 35.9 Å². The molecule has 8 nitrogen and oxygen atoms in total. The van der Waals surface area contributed by atoms with Crippen LogP contribution in [0.25, 0.3) is 11.4 Å². The average molecular weight is 383 g/mol. The number of nitrogens with zero attached hydrogens (tertiary/aromatic N) is 3. The molecule has 2 aliphatic rings. The van der Waals surface area contributed by atoms with Crippen molar-refractivity contribution in [1.82, 2.24) is 15.3 Å².